The van der Waals surface area contributed by atoms with Crippen LogP contribution in [0.4, 0.5) is 0 Å². The van der Waals surface area contributed by atoms with Gasteiger partial charge >= 0.3 is 5.97 Å². The lowest BCUT2D eigenvalue weighted by Gasteiger charge is -2.46. The van der Waals surface area contributed by atoms with E-state index in [4.69, 9.17) is 18.9 Å². The van der Waals surface area contributed by atoms with Crippen LogP contribution in [0.5, 0.6) is 0 Å². The van der Waals surface area contributed by atoms with E-state index in [9.17, 15) is 65.4 Å². The largest absolute Gasteiger partial charge is 0.462 e. The number of rotatable bonds is 7. The van der Waals surface area contributed by atoms with Gasteiger partial charge in [-0.15, -0.1) is 0 Å². The zero-order chi connectivity index (χ0) is 53.5. The Hall–Kier alpha value is -3.93. The number of aliphatic hydroxyl groups excluding tert-OH is 9. The van der Waals surface area contributed by atoms with E-state index in [1.165, 1.54) is 0 Å². The number of fused-ring (bicyclic) bond motifs is 2. The number of carbonyl (C=O) groups excluding carboxylic acids is 3. The van der Waals surface area contributed by atoms with Crippen LogP contribution >= 0.6 is 0 Å². The Kier molecular flexibility index (Phi) is 27.5. The van der Waals surface area contributed by atoms with Gasteiger partial charge in [-0.2, -0.15) is 0 Å². The summed E-state index contributed by atoms with van der Waals surface area (Å²) in [5.41, 5.74) is 0. The van der Waals surface area contributed by atoms with Crippen LogP contribution in [0.15, 0.2) is 85.1 Å². The molecule has 2 saturated heterocycles. The van der Waals surface area contributed by atoms with Crippen LogP contribution in [0.25, 0.3) is 0 Å². The van der Waals surface area contributed by atoms with Crippen LogP contribution in [-0.2, 0) is 33.3 Å². The summed E-state index contributed by atoms with van der Waals surface area (Å²) in [5.74, 6) is -6.03. The first-order chi connectivity index (χ1) is 34.1. The van der Waals surface area contributed by atoms with E-state index in [0.717, 1.165) is 0 Å². The van der Waals surface area contributed by atoms with Crippen LogP contribution in [0, 0.1) is 17.8 Å². The molecule has 0 radical (unpaired) electrons. The minimum atomic E-state index is -2.28. The fourth-order valence-corrected chi connectivity index (χ4v) is 8.78. The van der Waals surface area contributed by atoms with Gasteiger partial charge in [0.15, 0.2) is 12.1 Å². The Bertz CT molecular complexity index is 1850. The Morgan fingerprint density at radius 2 is 1.28 bits per heavy atom. The monoisotopic (exact) mass is 1020 g/mol. The van der Waals surface area contributed by atoms with Crippen LogP contribution in [0.3, 0.4) is 0 Å². The van der Waals surface area contributed by atoms with Crippen molar-refractivity contribution < 1.29 is 84.4 Å². The Morgan fingerprint density at radius 1 is 0.681 bits per heavy atom. The highest BCUT2D eigenvalue weighted by atomic mass is 16.7. The summed E-state index contributed by atoms with van der Waals surface area (Å²) in [6.07, 6.45) is 4.79. The second kappa shape index (κ2) is 31.7. The molecule has 0 unspecified atom stereocenters. The molecule has 3 aliphatic rings. The fourth-order valence-electron chi connectivity index (χ4n) is 8.78. The molecule has 0 aromatic rings. The van der Waals surface area contributed by atoms with Crippen molar-refractivity contribution in [2.24, 2.45) is 17.8 Å². The third-order valence-corrected chi connectivity index (χ3v) is 13.2. The average molecular weight is 1020 g/mol. The first-order valence-corrected chi connectivity index (χ1v) is 25.4. The molecular weight excluding hydrogens is 937 g/mol. The maximum absolute atomic E-state index is 13.7. The highest BCUT2D eigenvalue weighted by molar-refractivity contribution is 5.80. The zero-order valence-corrected chi connectivity index (χ0v) is 42.6. The number of cyclic esters (lactones) is 1. The van der Waals surface area contributed by atoms with Crippen molar-refractivity contribution in [2.75, 3.05) is 6.54 Å². The maximum atomic E-state index is 13.7. The minimum Gasteiger partial charge on any atom is -0.462 e. The van der Waals surface area contributed by atoms with Gasteiger partial charge in [-0.3, -0.25) is 14.4 Å². The van der Waals surface area contributed by atoms with Crippen LogP contribution in [-0.4, -0.2) is 173 Å². The molecule has 12 N–H and O–H groups in total. The van der Waals surface area contributed by atoms with Crippen molar-refractivity contribution in [3.05, 3.63) is 85.1 Å². The first-order valence-electron chi connectivity index (χ1n) is 25.4. The maximum Gasteiger partial charge on any atom is 0.308 e. The van der Waals surface area contributed by atoms with Gasteiger partial charge in [0.1, 0.15) is 18.3 Å². The average Bonchev–Trinajstić information content (AvgIpc) is 3.31. The molecule has 2 fully saturated rings. The standard InChI is InChI=1S/C53H84N2O17/c1-7-25-54-51(67)46-42(61)31-53(68)30-38(58)27-41(60)40(59)24-23-36(56)26-37(57)28-45(63)69-34(5)33(4)48(64)32(3)21-19-17-15-13-11-9-10-12-14-16-18-20-22-39(29-43(46)72-53)71-52-50(66)47(55-44(62)8-2)49(65)35(6)70-52/h9-22,32-43,46-50,52,56-61,64-66,68H,7-8,23-31H2,1-6H3,(H,54,67)(H,55,62)/b10-9+,13-11+,14-12+,17-15+,18-16+,21-19+,22-20+/t32-,33-,34-,35-,36+,37+,38-,39-,40+,41+,42-,43-,46+,47-,48+,49+,50-,52+,53+/m0/s1. The van der Waals surface area contributed by atoms with Gasteiger partial charge < -0.3 is 80.6 Å². The van der Waals surface area contributed by atoms with Crippen molar-refractivity contribution in [1.82, 2.24) is 10.6 Å². The predicted octanol–water partition coefficient (Wildman–Crippen LogP) is 1.72. The molecule has 2 amide bonds. The lowest BCUT2D eigenvalue weighted by molar-refractivity contribution is -0.307. The fraction of sp³-hybridized carbons (Fsp3) is 0.679. The number of hydrogen-bond donors (Lipinski definition) is 12. The Labute approximate surface area is 424 Å². The van der Waals surface area contributed by atoms with Crippen LogP contribution < -0.4 is 10.6 Å². The molecule has 408 valence electrons. The lowest BCUT2D eigenvalue weighted by atomic mass is 9.82. The van der Waals surface area contributed by atoms with Crippen molar-refractivity contribution in [1.29, 1.82) is 0 Å². The van der Waals surface area contributed by atoms with Gasteiger partial charge in [0.25, 0.3) is 0 Å². The summed E-state index contributed by atoms with van der Waals surface area (Å²) in [6, 6.07) is -1.17. The van der Waals surface area contributed by atoms with E-state index in [-0.39, 0.29) is 44.6 Å². The van der Waals surface area contributed by atoms with Gasteiger partial charge in [-0.25, -0.2) is 0 Å². The first kappa shape index (κ1) is 62.4. The van der Waals surface area contributed by atoms with E-state index in [1.54, 1.807) is 82.4 Å². The smallest absolute Gasteiger partial charge is 0.308 e. The molecule has 3 rings (SSSR count). The third-order valence-electron chi connectivity index (χ3n) is 13.2. The molecule has 19 nitrogen and oxygen atoms in total. The zero-order valence-electron chi connectivity index (χ0n) is 42.6. The summed E-state index contributed by atoms with van der Waals surface area (Å²) in [4.78, 5) is 38.7. The molecule has 3 heterocycles. The summed E-state index contributed by atoms with van der Waals surface area (Å²) in [7, 11) is 0. The molecule has 19 heteroatoms. The Balaban J connectivity index is 1.96. The van der Waals surface area contributed by atoms with Crippen molar-refractivity contribution >= 4 is 17.8 Å². The van der Waals surface area contributed by atoms with Gasteiger partial charge in [-0.1, -0.05) is 113 Å². The van der Waals surface area contributed by atoms with E-state index in [1.807, 2.05) is 44.2 Å². The number of carbonyl (C=O) groups is 3. The number of nitrogens with one attached hydrogen (secondary N) is 2. The molecule has 0 aliphatic carbocycles. The van der Waals surface area contributed by atoms with E-state index < -0.39 is 153 Å². The van der Waals surface area contributed by atoms with Gasteiger partial charge in [-0.05, 0) is 39.5 Å². The number of amides is 2. The topological polar surface area (TPSA) is 314 Å². The van der Waals surface area contributed by atoms with E-state index in [0.29, 0.717) is 6.42 Å². The summed E-state index contributed by atoms with van der Waals surface area (Å²) >= 11 is 0. The predicted molar refractivity (Wildman–Crippen MR) is 267 cm³/mol. The summed E-state index contributed by atoms with van der Waals surface area (Å²) < 4.78 is 23.9. The van der Waals surface area contributed by atoms with E-state index in [2.05, 4.69) is 10.6 Å². The second-order valence-electron chi connectivity index (χ2n) is 19.4. The number of allylic oxidation sites excluding steroid dienone is 12. The van der Waals surface area contributed by atoms with Crippen molar-refractivity contribution in [3.63, 3.8) is 0 Å². The number of aliphatic hydroxyl groups is 10. The molecule has 72 heavy (non-hydrogen) atoms. The van der Waals surface area contributed by atoms with Crippen molar-refractivity contribution in [3.8, 4) is 0 Å². The number of ether oxygens (including phenoxy) is 4. The molecule has 3 aliphatic heterocycles. The van der Waals surface area contributed by atoms with Gasteiger partial charge in [0.2, 0.25) is 11.8 Å². The quantitative estimate of drug-likeness (QED) is 0.162. The number of hydrogen-bond acceptors (Lipinski definition) is 17. The van der Waals surface area contributed by atoms with Crippen molar-refractivity contribution in [2.45, 2.75) is 203 Å². The molecular formula is C53H84N2O17. The summed E-state index contributed by atoms with van der Waals surface area (Å²) in [6.45, 7) is 10.5. The molecule has 0 aromatic carbocycles. The summed E-state index contributed by atoms with van der Waals surface area (Å²) in [5, 5.41) is 116. The molecule has 19 atom stereocenters. The van der Waals surface area contributed by atoms with Crippen LogP contribution in [0.2, 0.25) is 0 Å². The highest BCUT2D eigenvalue weighted by Gasteiger charge is 2.51. The lowest BCUT2D eigenvalue weighted by Crippen LogP contribution is -2.64. The molecule has 0 saturated carbocycles. The van der Waals surface area contributed by atoms with Gasteiger partial charge in [0, 0.05) is 50.5 Å². The molecule has 0 aromatic heterocycles. The molecule has 2 bridgehead atoms. The van der Waals surface area contributed by atoms with Crippen LogP contribution in [0.1, 0.15) is 106 Å². The normalized spacial score (nSPS) is 42.1. The Morgan fingerprint density at radius 3 is 1.88 bits per heavy atom. The van der Waals surface area contributed by atoms with Gasteiger partial charge in [0.05, 0.1) is 79.4 Å². The highest BCUT2D eigenvalue weighted by Crippen LogP contribution is 2.38. The SMILES string of the molecule is CCCNC(=O)[C@H]1[C@@H]2C[C@@H](O[C@H]3O[C@@H](C)[C@@H](O)[C@H](NC(=O)CC)[C@@H]3O)/C=C/C=C/C=C/C=C/C=C/C=C/C=C/[C@H](C)[C@@H](O)[C@@H](C)[C@H](C)OC(=O)C[C@H](O)C[C@H](O)CC[C@@H](O)[C@H](O)C[C@H](O)C[C@](O)(C[C@@H]1O)O2. The second-order valence-corrected chi connectivity index (χ2v) is 19.4. The van der Waals surface area contributed by atoms with E-state index >= 15 is 0 Å². The third kappa shape index (κ3) is 21.1. The number of esters is 1. The minimum absolute atomic E-state index is 0.0769. The molecule has 0 spiro atoms.